The summed E-state index contributed by atoms with van der Waals surface area (Å²) in [5.41, 5.74) is 6.02. The quantitative estimate of drug-likeness (QED) is 0.868. The zero-order valence-electron chi connectivity index (χ0n) is 10.6. The van der Waals surface area contributed by atoms with Gasteiger partial charge in [0, 0.05) is 25.2 Å². The maximum atomic E-state index is 13.3. The maximum Gasteiger partial charge on any atom is 0.394 e. The summed E-state index contributed by atoms with van der Waals surface area (Å²) in [6.07, 6.45) is -3.96. The summed E-state index contributed by atoms with van der Waals surface area (Å²) in [6.45, 7) is -1.19. The van der Waals surface area contributed by atoms with Gasteiger partial charge in [-0.15, -0.1) is 0 Å². The fourth-order valence-corrected chi connectivity index (χ4v) is 2.24. The number of alkyl halides is 3. The third-order valence-electron chi connectivity index (χ3n) is 3.40. The van der Waals surface area contributed by atoms with E-state index in [4.69, 9.17) is 5.73 Å². The lowest BCUT2D eigenvalue weighted by Crippen LogP contribution is -2.45. The standard InChI is InChI=1S/C13H14F4N2O/c14-10-3-1-8-2-4-12(20)19(11(8)5-10)7-9(6-18)13(15,16)17/h1,3,5,9H,2,4,6-7,18H2. The zero-order valence-corrected chi connectivity index (χ0v) is 10.6. The van der Waals surface area contributed by atoms with Crippen LogP contribution in [-0.4, -0.2) is 25.2 Å². The molecule has 0 aliphatic carbocycles. The van der Waals surface area contributed by atoms with E-state index in [1.54, 1.807) is 0 Å². The van der Waals surface area contributed by atoms with E-state index in [1.165, 1.54) is 12.1 Å². The Bertz CT molecular complexity index is 516. The smallest absolute Gasteiger partial charge is 0.330 e. The van der Waals surface area contributed by atoms with Crippen LogP contribution in [0.1, 0.15) is 12.0 Å². The molecule has 3 nitrogen and oxygen atoms in total. The van der Waals surface area contributed by atoms with Gasteiger partial charge >= 0.3 is 6.18 Å². The van der Waals surface area contributed by atoms with Crippen molar-refractivity contribution in [3.05, 3.63) is 29.6 Å². The number of carbonyl (C=O) groups is 1. The normalized spacial score (nSPS) is 17.1. The Hall–Kier alpha value is -1.63. The van der Waals surface area contributed by atoms with Crippen molar-refractivity contribution in [1.29, 1.82) is 0 Å². The van der Waals surface area contributed by atoms with Gasteiger partial charge in [-0.3, -0.25) is 4.79 Å². The van der Waals surface area contributed by atoms with Gasteiger partial charge < -0.3 is 10.6 Å². The molecule has 0 fully saturated rings. The second-order valence-corrected chi connectivity index (χ2v) is 4.75. The molecule has 1 aromatic rings. The van der Waals surface area contributed by atoms with Crippen LogP contribution < -0.4 is 10.6 Å². The number of nitrogens with zero attached hydrogens (tertiary/aromatic N) is 1. The molecule has 0 spiro atoms. The number of hydrogen-bond donors (Lipinski definition) is 1. The van der Waals surface area contributed by atoms with Gasteiger partial charge in [0.05, 0.1) is 5.92 Å². The number of anilines is 1. The van der Waals surface area contributed by atoms with Crippen molar-refractivity contribution >= 4 is 11.6 Å². The molecule has 2 rings (SSSR count). The highest BCUT2D eigenvalue weighted by atomic mass is 19.4. The highest BCUT2D eigenvalue weighted by Gasteiger charge is 2.41. The zero-order chi connectivity index (χ0) is 14.9. The molecule has 1 aromatic carbocycles. The topological polar surface area (TPSA) is 46.3 Å². The van der Waals surface area contributed by atoms with Gasteiger partial charge in [-0.1, -0.05) is 6.07 Å². The van der Waals surface area contributed by atoms with E-state index in [2.05, 4.69) is 0 Å². The summed E-state index contributed by atoms with van der Waals surface area (Å²) in [5, 5.41) is 0. The lowest BCUT2D eigenvalue weighted by molar-refractivity contribution is -0.169. The Morgan fingerprint density at radius 1 is 1.30 bits per heavy atom. The van der Waals surface area contributed by atoms with Gasteiger partial charge in [-0.05, 0) is 24.1 Å². The molecule has 2 N–H and O–H groups in total. The Kier molecular flexibility index (Phi) is 3.99. The Morgan fingerprint density at radius 3 is 2.60 bits per heavy atom. The average Bonchev–Trinajstić information content (AvgIpc) is 2.36. The van der Waals surface area contributed by atoms with Crippen molar-refractivity contribution < 1.29 is 22.4 Å². The van der Waals surface area contributed by atoms with Gasteiger partial charge in [0.25, 0.3) is 0 Å². The van der Waals surface area contributed by atoms with Crippen LogP contribution in [0.2, 0.25) is 0 Å². The monoisotopic (exact) mass is 290 g/mol. The molecule has 20 heavy (non-hydrogen) atoms. The van der Waals surface area contributed by atoms with E-state index >= 15 is 0 Å². The molecule has 0 bridgehead atoms. The van der Waals surface area contributed by atoms with E-state index in [0.717, 1.165) is 11.0 Å². The molecule has 1 unspecified atom stereocenters. The highest BCUT2D eigenvalue weighted by molar-refractivity contribution is 5.96. The predicted molar refractivity (Wildman–Crippen MR) is 65.7 cm³/mol. The minimum absolute atomic E-state index is 0.119. The van der Waals surface area contributed by atoms with Gasteiger partial charge in [0.15, 0.2) is 0 Å². The van der Waals surface area contributed by atoms with Crippen molar-refractivity contribution in [3.63, 3.8) is 0 Å². The molecule has 1 aliphatic heterocycles. The van der Waals surface area contributed by atoms with Crippen LogP contribution in [0.3, 0.4) is 0 Å². The van der Waals surface area contributed by atoms with Gasteiger partial charge in [0.2, 0.25) is 5.91 Å². The number of nitrogens with two attached hydrogens (primary N) is 1. The first-order valence-corrected chi connectivity index (χ1v) is 6.18. The molecule has 0 radical (unpaired) electrons. The number of halogens is 4. The number of aryl methyl sites for hydroxylation is 1. The highest BCUT2D eigenvalue weighted by Crippen LogP contribution is 2.32. The molecule has 0 aromatic heterocycles. The van der Waals surface area contributed by atoms with E-state index in [-0.39, 0.29) is 12.1 Å². The first-order valence-electron chi connectivity index (χ1n) is 6.18. The Morgan fingerprint density at radius 2 is 2.00 bits per heavy atom. The molecule has 7 heteroatoms. The molecule has 1 amide bonds. The molecular formula is C13H14F4N2O. The van der Waals surface area contributed by atoms with Crippen LogP contribution in [0.5, 0.6) is 0 Å². The lowest BCUT2D eigenvalue weighted by atomic mass is 9.99. The summed E-state index contributed by atoms with van der Waals surface area (Å²) in [6, 6.07) is 3.82. The fourth-order valence-electron chi connectivity index (χ4n) is 2.24. The van der Waals surface area contributed by atoms with Crippen molar-refractivity contribution in [2.24, 2.45) is 11.7 Å². The first-order chi connectivity index (χ1) is 9.32. The third-order valence-corrected chi connectivity index (χ3v) is 3.40. The van der Waals surface area contributed by atoms with Crippen LogP contribution in [0.4, 0.5) is 23.2 Å². The molecule has 110 valence electrons. The van der Waals surface area contributed by atoms with Crippen molar-refractivity contribution in [2.45, 2.75) is 19.0 Å². The lowest BCUT2D eigenvalue weighted by Gasteiger charge is -2.32. The van der Waals surface area contributed by atoms with Gasteiger partial charge in [-0.25, -0.2) is 4.39 Å². The first kappa shape index (κ1) is 14.8. The summed E-state index contributed by atoms with van der Waals surface area (Å²) < 4.78 is 51.6. The third kappa shape index (κ3) is 2.92. The van der Waals surface area contributed by atoms with E-state index in [0.29, 0.717) is 12.0 Å². The second kappa shape index (κ2) is 5.40. The molecule has 1 heterocycles. The van der Waals surface area contributed by atoms with Gasteiger partial charge in [0.1, 0.15) is 5.82 Å². The fraction of sp³-hybridized carbons (Fsp3) is 0.462. The van der Waals surface area contributed by atoms with E-state index in [9.17, 15) is 22.4 Å². The molecule has 1 atom stereocenters. The van der Waals surface area contributed by atoms with Crippen molar-refractivity contribution in [2.75, 3.05) is 18.0 Å². The minimum Gasteiger partial charge on any atom is -0.330 e. The number of carbonyl (C=O) groups excluding carboxylic acids is 1. The van der Waals surface area contributed by atoms with Crippen LogP contribution in [0, 0.1) is 11.7 Å². The second-order valence-electron chi connectivity index (χ2n) is 4.75. The number of rotatable bonds is 3. The Balaban J connectivity index is 2.32. The summed E-state index contributed by atoms with van der Waals surface area (Å²) >= 11 is 0. The predicted octanol–water partition coefficient (Wildman–Crippen LogP) is 2.24. The molecular weight excluding hydrogens is 276 g/mol. The number of amides is 1. The summed E-state index contributed by atoms with van der Waals surface area (Å²) in [4.78, 5) is 12.8. The number of benzene rings is 1. The van der Waals surface area contributed by atoms with Gasteiger partial charge in [-0.2, -0.15) is 13.2 Å². The minimum atomic E-state index is -4.49. The average molecular weight is 290 g/mol. The number of fused-ring (bicyclic) bond motifs is 1. The molecule has 0 saturated heterocycles. The maximum absolute atomic E-state index is 13.3. The summed E-state index contributed by atoms with van der Waals surface area (Å²) in [7, 11) is 0. The van der Waals surface area contributed by atoms with Crippen LogP contribution in [0.15, 0.2) is 18.2 Å². The van der Waals surface area contributed by atoms with Crippen LogP contribution in [-0.2, 0) is 11.2 Å². The van der Waals surface area contributed by atoms with Crippen LogP contribution in [0.25, 0.3) is 0 Å². The largest absolute Gasteiger partial charge is 0.394 e. The SMILES string of the molecule is NCC(CN1C(=O)CCc2ccc(F)cc21)C(F)(F)F. The van der Waals surface area contributed by atoms with Crippen LogP contribution >= 0.6 is 0 Å². The van der Waals surface area contributed by atoms with Crippen molar-refractivity contribution in [3.8, 4) is 0 Å². The summed E-state index contributed by atoms with van der Waals surface area (Å²) in [5.74, 6) is -2.84. The molecule has 0 saturated carbocycles. The van der Waals surface area contributed by atoms with E-state index < -0.39 is 36.9 Å². The Labute approximate surface area is 113 Å². The number of hydrogen-bond acceptors (Lipinski definition) is 2. The molecule has 1 aliphatic rings. The van der Waals surface area contributed by atoms with Crippen molar-refractivity contribution in [1.82, 2.24) is 0 Å². The van der Waals surface area contributed by atoms with E-state index in [1.807, 2.05) is 0 Å².